The SMILES string of the molecule is NC[C@H]1CCN(C2CC2)C1=O. The van der Waals surface area contributed by atoms with Gasteiger partial charge in [0, 0.05) is 19.1 Å². The van der Waals surface area contributed by atoms with E-state index in [0.29, 0.717) is 18.5 Å². The molecule has 2 rings (SSSR count). The zero-order valence-electron chi connectivity index (χ0n) is 6.62. The molecule has 1 saturated heterocycles. The maximum absolute atomic E-state index is 11.5. The minimum atomic E-state index is 0.135. The molecule has 2 N–H and O–H groups in total. The Balaban J connectivity index is 1.99. The van der Waals surface area contributed by atoms with Crippen LogP contribution in [0, 0.1) is 5.92 Å². The lowest BCUT2D eigenvalue weighted by atomic mass is 10.1. The number of rotatable bonds is 2. The predicted octanol–water partition coefficient (Wildman–Crippen LogP) is -0.0440. The molecule has 1 heterocycles. The Morgan fingerprint density at radius 1 is 1.45 bits per heavy atom. The Hall–Kier alpha value is -0.570. The first-order chi connectivity index (χ1) is 5.33. The van der Waals surface area contributed by atoms with Crippen molar-refractivity contribution < 1.29 is 4.79 Å². The first-order valence-corrected chi connectivity index (χ1v) is 4.33. The van der Waals surface area contributed by atoms with Gasteiger partial charge < -0.3 is 10.6 Å². The summed E-state index contributed by atoms with van der Waals surface area (Å²) in [6.07, 6.45) is 3.40. The van der Waals surface area contributed by atoms with Crippen LogP contribution >= 0.6 is 0 Å². The molecule has 0 spiro atoms. The van der Waals surface area contributed by atoms with Crippen LogP contribution in [0.1, 0.15) is 19.3 Å². The van der Waals surface area contributed by atoms with Crippen LogP contribution in [-0.4, -0.2) is 29.9 Å². The van der Waals surface area contributed by atoms with E-state index in [2.05, 4.69) is 0 Å². The Morgan fingerprint density at radius 3 is 2.64 bits per heavy atom. The summed E-state index contributed by atoms with van der Waals surface area (Å²) in [5.74, 6) is 0.436. The number of amides is 1. The minimum absolute atomic E-state index is 0.135. The summed E-state index contributed by atoms with van der Waals surface area (Å²) in [5.41, 5.74) is 5.46. The molecule has 62 valence electrons. The summed E-state index contributed by atoms with van der Waals surface area (Å²) in [7, 11) is 0. The van der Waals surface area contributed by atoms with Gasteiger partial charge in [-0.15, -0.1) is 0 Å². The first-order valence-electron chi connectivity index (χ1n) is 4.33. The molecule has 1 saturated carbocycles. The largest absolute Gasteiger partial charge is 0.339 e. The van der Waals surface area contributed by atoms with Crippen LogP contribution in [0.15, 0.2) is 0 Å². The van der Waals surface area contributed by atoms with Gasteiger partial charge in [-0.1, -0.05) is 0 Å². The number of hydrogen-bond donors (Lipinski definition) is 1. The van der Waals surface area contributed by atoms with E-state index in [1.54, 1.807) is 0 Å². The molecular weight excluding hydrogens is 140 g/mol. The van der Waals surface area contributed by atoms with Crippen molar-refractivity contribution in [1.29, 1.82) is 0 Å². The van der Waals surface area contributed by atoms with E-state index in [1.807, 2.05) is 4.90 Å². The minimum Gasteiger partial charge on any atom is -0.339 e. The van der Waals surface area contributed by atoms with Crippen molar-refractivity contribution in [1.82, 2.24) is 4.90 Å². The maximum atomic E-state index is 11.5. The van der Waals surface area contributed by atoms with Crippen molar-refractivity contribution in [2.75, 3.05) is 13.1 Å². The molecule has 1 aliphatic heterocycles. The van der Waals surface area contributed by atoms with E-state index in [4.69, 9.17) is 5.73 Å². The number of hydrogen-bond acceptors (Lipinski definition) is 2. The summed E-state index contributed by atoms with van der Waals surface area (Å²) in [6.45, 7) is 1.48. The summed E-state index contributed by atoms with van der Waals surface area (Å²) in [4.78, 5) is 13.5. The lowest BCUT2D eigenvalue weighted by Crippen LogP contribution is -2.31. The molecule has 0 aromatic carbocycles. The Kier molecular flexibility index (Phi) is 1.60. The molecule has 0 radical (unpaired) electrons. The fourth-order valence-electron chi connectivity index (χ4n) is 1.73. The van der Waals surface area contributed by atoms with Crippen LogP contribution in [-0.2, 0) is 4.79 Å². The standard InChI is InChI=1S/C8H14N2O/c9-5-6-3-4-10(8(6)11)7-1-2-7/h6-7H,1-5,9H2/t6-/m1/s1. The third-order valence-electron chi connectivity index (χ3n) is 2.62. The van der Waals surface area contributed by atoms with E-state index < -0.39 is 0 Å². The molecule has 0 aromatic heterocycles. The number of carbonyl (C=O) groups is 1. The zero-order valence-corrected chi connectivity index (χ0v) is 6.62. The third-order valence-corrected chi connectivity index (χ3v) is 2.62. The first kappa shape index (κ1) is 7.10. The van der Waals surface area contributed by atoms with Gasteiger partial charge in [0.2, 0.25) is 5.91 Å². The van der Waals surface area contributed by atoms with Gasteiger partial charge in [-0.2, -0.15) is 0 Å². The van der Waals surface area contributed by atoms with Crippen molar-refractivity contribution in [2.24, 2.45) is 11.7 Å². The van der Waals surface area contributed by atoms with Gasteiger partial charge in [-0.05, 0) is 19.3 Å². The van der Waals surface area contributed by atoms with E-state index in [-0.39, 0.29) is 5.92 Å². The zero-order chi connectivity index (χ0) is 7.84. The molecule has 0 aromatic rings. The smallest absolute Gasteiger partial charge is 0.227 e. The van der Waals surface area contributed by atoms with E-state index in [9.17, 15) is 4.79 Å². The number of nitrogens with two attached hydrogens (primary N) is 1. The molecule has 1 amide bonds. The number of carbonyl (C=O) groups excluding carboxylic acids is 1. The van der Waals surface area contributed by atoms with E-state index in [0.717, 1.165) is 13.0 Å². The highest BCUT2D eigenvalue weighted by molar-refractivity contribution is 5.81. The average Bonchev–Trinajstić information content (AvgIpc) is 2.77. The van der Waals surface area contributed by atoms with Crippen molar-refractivity contribution in [3.63, 3.8) is 0 Å². The Morgan fingerprint density at radius 2 is 2.18 bits per heavy atom. The molecule has 1 aliphatic carbocycles. The second-order valence-electron chi connectivity index (χ2n) is 3.48. The predicted molar refractivity (Wildman–Crippen MR) is 41.9 cm³/mol. The Bertz CT molecular complexity index is 177. The van der Waals surface area contributed by atoms with Gasteiger partial charge in [0.25, 0.3) is 0 Å². The Labute approximate surface area is 66.5 Å². The molecule has 3 nitrogen and oxygen atoms in total. The molecule has 11 heavy (non-hydrogen) atoms. The number of likely N-dealkylation sites (tertiary alicyclic amines) is 1. The van der Waals surface area contributed by atoms with Gasteiger partial charge in [-0.3, -0.25) is 4.79 Å². The molecule has 0 unspecified atom stereocenters. The van der Waals surface area contributed by atoms with Gasteiger partial charge >= 0.3 is 0 Å². The van der Waals surface area contributed by atoms with Crippen LogP contribution in [0.2, 0.25) is 0 Å². The second kappa shape index (κ2) is 2.48. The second-order valence-corrected chi connectivity index (χ2v) is 3.48. The highest BCUT2D eigenvalue weighted by Crippen LogP contribution is 2.32. The van der Waals surface area contributed by atoms with Gasteiger partial charge in [-0.25, -0.2) is 0 Å². The van der Waals surface area contributed by atoms with Crippen LogP contribution < -0.4 is 5.73 Å². The van der Waals surface area contributed by atoms with Crippen LogP contribution in [0.3, 0.4) is 0 Å². The molecule has 3 heteroatoms. The van der Waals surface area contributed by atoms with Crippen LogP contribution in [0.4, 0.5) is 0 Å². The molecule has 1 atom stereocenters. The monoisotopic (exact) mass is 154 g/mol. The topological polar surface area (TPSA) is 46.3 Å². The van der Waals surface area contributed by atoms with Crippen molar-refractivity contribution in [2.45, 2.75) is 25.3 Å². The molecule has 2 aliphatic rings. The third kappa shape index (κ3) is 1.13. The fourth-order valence-corrected chi connectivity index (χ4v) is 1.73. The number of nitrogens with zero attached hydrogens (tertiary/aromatic N) is 1. The summed E-state index contributed by atoms with van der Waals surface area (Å²) < 4.78 is 0. The van der Waals surface area contributed by atoms with Crippen molar-refractivity contribution in [3.05, 3.63) is 0 Å². The lowest BCUT2D eigenvalue weighted by Gasteiger charge is -2.14. The van der Waals surface area contributed by atoms with Crippen LogP contribution in [0.25, 0.3) is 0 Å². The van der Waals surface area contributed by atoms with Gasteiger partial charge in [0.15, 0.2) is 0 Å². The van der Waals surface area contributed by atoms with Crippen molar-refractivity contribution >= 4 is 5.91 Å². The van der Waals surface area contributed by atoms with Crippen LogP contribution in [0.5, 0.6) is 0 Å². The van der Waals surface area contributed by atoms with Gasteiger partial charge in [0.1, 0.15) is 0 Å². The maximum Gasteiger partial charge on any atom is 0.227 e. The van der Waals surface area contributed by atoms with Gasteiger partial charge in [0.05, 0.1) is 5.92 Å². The summed E-state index contributed by atoms with van der Waals surface area (Å²) in [6, 6.07) is 0.582. The lowest BCUT2D eigenvalue weighted by molar-refractivity contribution is -0.131. The quantitative estimate of drug-likeness (QED) is 0.606. The highest BCUT2D eigenvalue weighted by Gasteiger charge is 2.39. The van der Waals surface area contributed by atoms with E-state index in [1.165, 1.54) is 12.8 Å². The highest BCUT2D eigenvalue weighted by atomic mass is 16.2. The summed E-state index contributed by atoms with van der Waals surface area (Å²) >= 11 is 0. The van der Waals surface area contributed by atoms with E-state index >= 15 is 0 Å². The molecular formula is C8H14N2O. The molecule has 0 bridgehead atoms. The normalized spacial score (nSPS) is 31.5. The average molecular weight is 154 g/mol. The summed E-state index contributed by atoms with van der Waals surface area (Å²) in [5, 5.41) is 0. The van der Waals surface area contributed by atoms with Crippen molar-refractivity contribution in [3.8, 4) is 0 Å². The molecule has 2 fully saturated rings. The fraction of sp³-hybridized carbons (Fsp3) is 0.875.